The number of carbonyl (C=O) groups excluding carboxylic acids is 2. The third-order valence-electron chi connectivity index (χ3n) is 5.04. The molecule has 8 nitrogen and oxygen atoms in total. The second-order valence-corrected chi connectivity index (χ2v) is 7.95. The number of aliphatic hydroxyl groups excluding tert-OH is 1. The molecule has 0 aromatic carbocycles. The number of hydrogen-bond donors (Lipinski definition) is 4. The number of β-lactam (4-membered cyclic amide) rings is 1. The molecule has 2 amide bonds. The van der Waals surface area contributed by atoms with Gasteiger partial charge in [0.1, 0.15) is 5.70 Å². The second-order valence-electron chi connectivity index (χ2n) is 6.61. The van der Waals surface area contributed by atoms with Gasteiger partial charge in [0.25, 0.3) is 0 Å². The first-order chi connectivity index (χ1) is 11.2. The van der Waals surface area contributed by atoms with Crippen LogP contribution in [-0.2, 0) is 14.4 Å². The summed E-state index contributed by atoms with van der Waals surface area (Å²) >= 11 is 1.40. The van der Waals surface area contributed by atoms with E-state index in [1.807, 2.05) is 6.92 Å². The zero-order valence-electron chi connectivity index (χ0n) is 13.4. The number of carbonyl (C=O) groups is 3. The summed E-state index contributed by atoms with van der Waals surface area (Å²) in [4.78, 5) is 37.2. The van der Waals surface area contributed by atoms with Crippen molar-refractivity contribution in [2.75, 3.05) is 6.54 Å². The summed E-state index contributed by atoms with van der Waals surface area (Å²) in [6.07, 6.45) is -0.283. The fourth-order valence-corrected chi connectivity index (χ4v) is 5.35. The van der Waals surface area contributed by atoms with E-state index >= 15 is 0 Å². The number of carboxylic acid groups (broad SMARTS) is 1. The van der Waals surface area contributed by atoms with Crippen molar-refractivity contribution in [3.05, 3.63) is 10.6 Å². The number of primary amides is 1. The largest absolute Gasteiger partial charge is 0.477 e. The average Bonchev–Trinajstić information content (AvgIpc) is 3.03. The molecule has 3 aliphatic heterocycles. The van der Waals surface area contributed by atoms with Crippen molar-refractivity contribution in [2.24, 2.45) is 17.6 Å². The first kappa shape index (κ1) is 17.2. The van der Waals surface area contributed by atoms with E-state index in [-0.39, 0.29) is 28.8 Å². The minimum atomic E-state index is -1.14. The van der Waals surface area contributed by atoms with Crippen LogP contribution in [-0.4, -0.2) is 62.9 Å². The highest BCUT2D eigenvalue weighted by atomic mass is 32.2. The van der Waals surface area contributed by atoms with Gasteiger partial charge in [-0.15, -0.1) is 11.8 Å². The van der Waals surface area contributed by atoms with Gasteiger partial charge in [-0.3, -0.25) is 9.59 Å². The van der Waals surface area contributed by atoms with Crippen LogP contribution in [0, 0.1) is 11.8 Å². The molecular formula is C15H21N3O5S. The van der Waals surface area contributed by atoms with Gasteiger partial charge in [-0.05, 0) is 13.3 Å². The molecule has 2 saturated heterocycles. The summed E-state index contributed by atoms with van der Waals surface area (Å²) in [5.41, 5.74) is 5.31. The van der Waals surface area contributed by atoms with E-state index in [0.717, 1.165) is 0 Å². The van der Waals surface area contributed by atoms with Crippen LogP contribution >= 0.6 is 11.8 Å². The fourth-order valence-electron chi connectivity index (χ4n) is 3.87. The number of nitrogens with zero attached hydrogens (tertiary/aromatic N) is 1. The number of aliphatic carboxylic acids is 1. The van der Waals surface area contributed by atoms with E-state index in [1.54, 1.807) is 6.92 Å². The predicted octanol–water partition coefficient (Wildman–Crippen LogP) is -0.911. The highest BCUT2D eigenvalue weighted by molar-refractivity contribution is 8.03. The Kier molecular flexibility index (Phi) is 4.35. The Hall–Kier alpha value is -1.58. The van der Waals surface area contributed by atoms with Crippen LogP contribution in [0.4, 0.5) is 0 Å². The SMILES string of the molecule is C[C@H](O)[C@H]1C(=O)N2C(C(=O)O)=C(S[C@@H]3CN[C@H](C(N)=O)C3)[C@@H](C)[C@H]12. The molecule has 3 rings (SSSR count). The first-order valence-corrected chi connectivity index (χ1v) is 8.80. The maximum Gasteiger partial charge on any atom is 0.353 e. The number of nitrogens with one attached hydrogen (secondary N) is 1. The molecule has 3 heterocycles. The van der Waals surface area contributed by atoms with Crippen LogP contribution in [0.25, 0.3) is 0 Å². The molecule has 0 aliphatic carbocycles. The molecule has 0 spiro atoms. The highest BCUT2D eigenvalue weighted by Crippen LogP contribution is 2.51. The van der Waals surface area contributed by atoms with Gasteiger partial charge in [-0.1, -0.05) is 6.92 Å². The lowest BCUT2D eigenvalue weighted by atomic mass is 9.79. The molecule has 0 bridgehead atoms. The van der Waals surface area contributed by atoms with E-state index in [1.165, 1.54) is 16.7 Å². The normalized spacial score (nSPS) is 36.5. The van der Waals surface area contributed by atoms with Crippen LogP contribution in [0.1, 0.15) is 20.3 Å². The average molecular weight is 355 g/mol. The lowest BCUT2D eigenvalue weighted by Gasteiger charge is -2.46. The maximum atomic E-state index is 12.3. The fraction of sp³-hybridized carbons (Fsp3) is 0.667. The summed E-state index contributed by atoms with van der Waals surface area (Å²) in [7, 11) is 0. The summed E-state index contributed by atoms with van der Waals surface area (Å²) in [5.74, 6) is -2.62. The van der Waals surface area contributed by atoms with Crippen molar-refractivity contribution in [1.82, 2.24) is 10.2 Å². The molecule has 0 radical (unpaired) electrons. The molecule has 0 aromatic heterocycles. The van der Waals surface area contributed by atoms with Crippen LogP contribution < -0.4 is 11.1 Å². The van der Waals surface area contributed by atoms with E-state index < -0.39 is 29.9 Å². The molecule has 0 unspecified atom stereocenters. The van der Waals surface area contributed by atoms with E-state index in [0.29, 0.717) is 17.9 Å². The van der Waals surface area contributed by atoms with Gasteiger partial charge in [0, 0.05) is 22.6 Å². The summed E-state index contributed by atoms with van der Waals surface area (Å²) < 4.78 is 0. The maximum absolute atomic E-state index is 12.3. The standard InChI is InChI=1S/C15H21N3O5S/c1-5-10-9(6(2)19)14(21)18(10)11(15(22)23)12(5)24-7-3-8(13(16)20)17-4-7/h5-10,17,19H,3-4H2,1-2H3,(H2,16,20)(H,22,23)/t5-,6-,7-,8-,9+,10+/m0/s1. The van der Waals surface area contributed by atoms with Gasteiger partial charge in [0.05, 0.1) is 24.1 Å². The van der Waals surface area contributed by atoms with Gasteiger partial charge in [0.2, 0.25) is 11.8 Å². The van der Waals surface area contributed by atoms with Crippen molar-refractivity contribution in [3.8, 4) is 0 Å². The van der Waals surface area contributed by atoms with Gasteiger partial charge < -0.3 is 26.2 Å². The second kappa shape index (κ2) is 6.05. The number of nitrogens with two attached hydrogens (primary N) is 1. The first-order valence-electron chi connectivity index (χ1n) is 7.92. The molecule has 9 heteroatoms. The molecular weight excluding hydrogens is 334 g/mol. The third-order valence-corrected chi connectivity index (χ3v) is 6.55. The van der Waals surface area contributed by atoms with Crippen LogP contribution in [0.5, 0.6) is 0 Å². The number of aliphatic hydroxyl groups is 1. The number of thioether (sulfide) groups is 1. The molecule has 132 valence electrons. The van der Waals surface area contributed by atoms with Crippen molar-refractivity contribution in [1.29, 1.82) is 0 Å². The van der Waals surface area contributed by atoms with Gasteiger partial charge in [-0.2, -0.15) is 0 Å². The van der Waals surface area contributed by atoms with Crippen molar-refractivity contribution < 1.29 is 24.6 Å². The molecule has 24 heavy (non-hydrogen) atoms. The van der Waals surface area contributed by atoms with Crippen molar-refractivity contribution >= 4 is 29.5 Å². The number of fused-ring (bicyclic) bond motifs is 1. The summed E-state index contributed by atoms with van der Waals surface area (Å²) in [6.45, 7) is 3.99. The Morgan fingerprint density at radius 3 is 2.62 bits per heavy atom. The smallest absolute Gasteiger partial charge is 0.353 e. The van der Waals surface area contributed by atoms with Crippen LogP contribution in [0.2, 0.25) is 0 Å². The van der Waals surface area contributed by atoms with E-state index in [4.69, 9.17) is 5.73 Å². The monoisotopic (exact) mass is 355 g/mol. The number of rotatable bonds is 5. The molecule has 0 aromatic rings. The molecule has 5 N–H and O–H groups in total. The van der Waals surface area contributed by atoms with Crippen LogP contribution in [0.15, 0.2) is 10.6 Å². The Morgan fingerprint density at radius 1 is 1.46 bits per heavy atom. The van der Waals surface area contributed by atoms with Gasteiger partial charge in [0.15, 0.2) is 0 Å². The zero-order valence-corrected chi connectivity index (χ0v) is 14.2. The van der Waals surface area contributed by atoms with Crippen LogP contribution in [0.3, 0.4) is 0 Å². The Morgan fingerprint density at radius 2 is 2.12 bits per heavy atom. The van der Waals surface area contributed by atoms with Gasteiger partial charge >= 0.3 is 5.97 Å². The molecule has 3 aliphatic rings. The lowest BCUT2D eigenvalue weighted by molar-refractivity contribution is -0.163. The minimum absolute atomic E-state index is 0.0157. The van der Waals surface area contributed by atoms with Gasteiger partial charge in [-0.25, -0.2) is 4.79 Å². The summed E-state index contributed by atoms with van der Waals surface area (Å²) in [6, 6.07) is -0.718. The highest BCUT2D eigenvalue weighted by Gasteiger charge is 2.60. The zero-order chi connectivity index (χ0) is 17.8. The quantitative estimate of drug-likeness (QED) is 0.469. The van der Waals surface area contributed by atoms with E-state index in [2.05, 4.69) is 5.32 Å². The molecule has 2 fully saturated rings. The number of hydrogen-bond acceptors (Lipinski definition) is 6. The number of amides is 2. The minimum Gasteiger partial charge on any atom is -0.477 e. The predicted molar refractivity (Wildman–Crippen MR) is 86.6 cm³/mol. The Labute approximate surface area is 143 Å². The molecule has 6 atom stereocenters. The van der Waals surface area contributed by atoms with Crippen molar-refractivity contribution in [3.63, 3.8) is 0 Å². The number of carboxylic acids is 1. The topological polar surface area (TPSA) is 133 Å². The van der Waals surface area contributed by atoms with E-state index in [9.17, 15) is 24.6 Å². The third kappa shape index (κ3) is 2.51. The van der Waals surface area contributed by atoms with Crippen molar-refractivity contribution in [2.45, 2.75) is 43.7 Å². The Balaban J connectivity index is 1.83. The lowest BCUT2D eigenvalue weighted by Crippen LogP contribution is -2.63. The summed E-state index contributed by atoms with van der Waals surface area (Å²) in [5, 5.41) is 22.4. The molecule has 0 saturated carbocycles. The Bertz CT molecular complexity index is 635.